The summed E-state index contributed by atoms with van der Waals surface area (Å²) in [6, 6.07) is 10.4. The minimum absolute atomic E-state index is 0. The van der Waals surface area contributed by atoms with Crippen molar-refractivity contribution in [1.82, 2.24) is 0 Å². The van der Waals surface area contributed by atoms with Gasteiger partial charge in [0.25, 0.3) is 0 Å². The van der Waals surface area contributed by atoms with E-state index in [4.69, 9.17) is 4.74 Å². The van der Waals surface area contributed by atoms with Crippen LogP contribution in [0.3, 0.4) is 0 Å². The fraction of sp³-hybridized carbons (Fsp3) is 0.550. The molecule has 0 fully saturated rings. The van der Waals surface area contributed by atoms with Gasteiger partial charge in [-0.05, 0) is 37.2 Å². The Morgan fingerprint density at radius 1 is 1.18 bits per heavy atom. The number of benzene rings is 1. The van der Waals surface area contributed by atoms with Gasteiger partial charge >= 0.3 is 35.5 Å². The Hall–Kier alpha value is -0.700. The first kappa shape index (κ1) is 27.3. The van der Waals surface area contributed by atoms with Crippen LogP contribution in [0.15, 0.2) is 42.5 Å². The molecule has 0 saturated carbocycles. The van der Waals surface area contributed by atoms with Gasteiger partial charge in [0.15, 0.2) is 0 Å². The molecule has 1 rings (SSSR count). The number of hydrogen-bond acceptors (Lipinski definition) is 6. The van der Waals surface area contributed by atoms with Crippen molar-refractivity contribution in [2.24, 2.45) is 5.92 Å². The van der Waals surface area contributed by atoms with Gasteiger partial charge in [0.05, 0.1) is 12.5 Å². The molecule has 8 heteroatoms. The molecule has 0 radical (unpaired) electrons. The van der Waals surface area contributed by atoms with Gasteiger partial charge in [-0.15, -0.1) is 0 Å². The van der Waals surface area contributed by atoms with Gasteiger partial charge in [0, 0.05) is 0 Å². The van der Waals surface area contributed by atoms with Crippen LogP contribution < -0.4 is 29.6 Å². The average Bonchev–Trinajstić information content (AvgIpc) is 2.63. The summed E-state index contributed by atoms with van der Waals surface area (Å²) in [6.45, 7) is 3.79. The third-order valence-electron chi connectivity index (χ3n) is 4.22. The van der Waals surface area contributed by atoms with Gasteiger partial charge in [0.2, 0.25) is 0 Å². The Kier molecular flexibility index (Phi) is 14.8. The summed E-state index contributed by atoms with van der Waals surface area (Å²) in [7, 11) is -4.41. The van der Waals surface area contributed by atoms with Crippen molar-refractivity contribution in [3.63, 3.8) is 0 Å². The molecule has 2 atom stereocenters. The maximum Gasteiger partial charge on any atom is 1.00 e. The van der Waals surface area contributed by atoms with Gasteiger partial charge < -0.3 is 14.0 Å². The normalized spacial score (nSPS) is 13.7. The summed E-state index contributed by atoms with van der Waals surface area (Å²) < 4.78 is 40.7. The first-order chi connectivity index (χ1) is 12.8. The van der Waals surface area contributed by atoms with Crippen LogP contribution in [0.1, 0.15) is 51.0 Å². The molecule has 28 heavy (non-hydrogen) atoms. The van der Waals surface area contributed by atoms with E-state index in [-0.39, 0.29) is 54.7 Å². The number of carbonyl (C=O) groups is 1. The van der Waals surface area contributed by atoms with Crippen LogP contribution in [0, 0.1) is 5.92 Å². The van der Waals surface area contributed by atoms with E-state index in [2.05, 4.69) is 48.1 Å². The van der Waals surface area contributed by atoms with E-state index in [1.807, 2.05) is 6.07 Å². The predicted molar refractivity (Wildman–Crippen MR) is 103 cm³/mol. The van der Waals surface area contributed by atoms with Crippen molar-refractivity contribution in [1.29, 1.82) is 0 Å². The fourth-order valence-electron chi connectivity index (χ4n) is 2.61. The van der Waals surface area contributed by atoms with Gasteiger partial charge in [-0.3, -0.25) is 4.79 Å². The monoisotopic (exact) mass is 420 g/mol. The Morgan fingerprint density at radius 2 is 1.86 bits per heavy atom. The summed E-state index contributed by atoms with van der Waals surface area (Å²) >= 11 is 0. The predicted octanol–water partition coefficient (Wildman–Crippen LogP) is 0.609. The molecule has 0 aliphatic heterocycles. The molecule has 0 aromatic heterocycles. The largest absolute Gasteiger partial charge is 1.00 e. The average molecular weight is 421 g/mol. The van der Waals surface area contributed by atoms with E-state index in [0.29, 0.717) is 12.3 Å². The van der Waals surface area contributed by atoms with Gasteiger partial charge in [-0.25, -0.2) is 8.42 Å². The molecular weight excluding hydrogens is 391 g/mol. The summed E-state index contributed by atoms with van der Waals surface area (Å²) in [5, 5.41) is 0. The second-order valence-corrected chi connectivity index (χ2v) is 7.80. The summed E-state index contributed by atoms with van der Waals surface area (Å²) in [5.74, 6) is -1.02. The summed E-state index contributed by atoms with van der Waals surface area (Å²) in [6.07, 6.45) is 7.76. The van der Waals surface area contributed by atoms with E-state index < -0.39 is 16.1 Å². The zero-order valence-corrected chi connectivity index (χ0v) is 19.8. The number of ether oxygens (including phenoxy) is 2. The molecule has 0 aliphatic rings. The molecule has 1 aromatic rings. The van der Waals surface area contributed by atoms with Gasteiger partial charge in [0.1, 0.15) is 22.7 Å². The van der Waals surface area contributed by atoms with Crippen LogP contribution in [0.4, 0.5) is 0 Å². The molecule has 0 bridgehead atoms. The molecule has 0 spiro atoms. The maximum atomic E-state index is 11.8. The summed E-state index contributed by atoms with van der Waals surface area (Å²) in [4.78, 5) is 11.8. The zero-order chi connectivity index (χ0) is 20.1. The SMILES string of the molecule is CCC(CC=CCCC(C)C(=O)OCCOCS(=O)(=O)[O-])c1ccccc1.[Na+]. The molecule has 0 aliphatic carbocycles. The molecule has 0 heterocycles. The van der Waals surface area contributed by atoms with E-state index in [9.17, 15) is 17.8 Å². The van der Waals surface area contributed by atoms with Crippen LogP contribution in [0.2, 0.25) is 0 Å². The first-order valence-corrected chi connectivity index (χ1v) is 10.8. The van der Waals surface area contributed by atoms with Crippen LogP contribution >= 0.6 is 0 Å². The van der Waals surface area contributed by atoms with E-state index >= 15 is 0 Å². The quantitative estimate of drug-likeness (QED) is 0.153. The standard InChI is InChI=1S/C20H30O6S.Na/c1-3-18(19-12-8-5-9-13-19)11-7-4-6-10-17(2)20(21)26-15-14-25-16-27(22,23)24;/h4-5,7-9,12-13,17-18H,3,6,10-11,14-16H2,1-2H3,(H,22,23,24);/q;+1/p-1. The summed E-state index contributed by atoms with van der Waals surface area (Å²) in [5.41, 5.74) is 1.34. The molecule has 2 unspecified atom stereocenters. The topological polar surface area (TPSA) is 92.7 Å². The van der Waals surface area contributed by atoms with Crippen molar-refractivity contribution in [3.05, 3.63) is 48.0 Å². The molecule has 0 saturated heterocycles. The third-order valence-corrected chi connectivity index (χ3v) is 4.67. The maximum absolute atomic E-state index is 11.8. The molecule has 1 aromatic carbocycles. The van der Waals surface area contributed by atoms with Crippen molar-refractivity contribution >= 4 is 16.1 Å². The van der Waals surface area contributed by atoms with E-state index in [1.54, 1.807) is 6.92 Å². The van der Waals surface area contributed by atoms with Crippen LogP contribution in [0.25, 0.3) is 0 Å². The minimum Gasteiger partial charge on any atom is -0.746 e. The molecule has 0 amide bonds. The molecular formula is C20H29NaO6S. The number of rotatable bonds is 13. The van der Waals surface area contributed by atoms with Crippen molar-refractivity contribution in [3.8, 4) is 0 Å². The van der Waals surface area contributed by atoms with Crippen LogP contribution in [-0.2, 0) is 24.4 Å². The number of carbonyl (C=O) groups excluding carboxylic acids is 1. The van der Waals surface area contributed by atoms with Crippen LogP contribution in [-0.4, -0.2) is 38.1 Å². The van der Waals surface area contributed by atoms with Crippen molar-refractivity contribution in [2.75, 3.05) is 19.2 Å². The number of allylic oxidation sites excluding steroid dienone is 2. The minimum atomic E-state index is -4.41. The van der Waals surface area contributed by atoms with Crippen molar-refractivity contribution in [2.45, 2.75) is 45.4 Å². The first-order valence-electron chi connectivity index (χ1n) is 9.21. The van der Waals surface area contributed by atoms with Gasteiger partial charge in [-0.2, -0.15) is 0 Å². The fourth-order valence-corrected chi connectivity index (χ4v) is 2.93. The van der Waals surface area contributed by atoms with Crippen molar-refractivity contribution < 1.29 is 56.8 Å². The Labute approximate surface area is 190 Å². The molecule has 152 valence electrons. The van der Waals surface area contributed by atoms with Crippen LogP contribution in [0.5, 0.6) is 0 Å². The Morgan fingerprint density at radius 3 is 2.46 bits per heavy atom. The zero-order valence-electron chi connectivity index (χ0n) is 17.0. The van der Waals surface area contributed by atoms with E-state index in [1.165, 1.54) is 5.56 Å². The molecule has 6 nitrogen and oxygen atoms in total. The second kappa shape index (κ2) is 15.2. The van der Waals surface area contributed by atoms with E-state index in [0.717, 1.165) is 19.3 Å². The Balaban J connectivity index is 0.00000729. The number of esters is 1. The van der Waals surface area contributed by atoms with Gasteiger partial charge in [-0.1, -0.05) is 56.3 Å². The Bertz CT molecular complexity index is 675. The second-order valence-electron chi connectivity index (χ2n) is 6.45. The third kappa shape index (κ3) is 12.7. The molecule has 0 N–H and O–H groups in total. The number of hydrogen-bond donors (Lipinski definition) is 0. The smallest absolute Gasteiger partial charge is 0.746 e.